The highest BCUT2D eigenvalue weighted by Crippen LogP contribution is 2.18. The Morgan fingerprint density at radius 2 is 2.32 bits per heavy atom. The maximum absolute atomic E-state index is 11.8. The summed E-state index contributed by atoms with van der Waals surface area (Å²) in [4.78, 5) is 32.1. The first-order chi connectivity index (χ1) is 9.08. The number of H-pyrrole nitrogens is 1. The van der Waals surface area contributed by atoms with Crippen LogP contribution in [-0.2, 0) is 6.54 Å². The summed E-state index contributed by atoms with van der Waals surface area (Å²) in [6.07, 6.45) is 4.15. The Morgan fingerprint density at radius 1 is 1.53 bits per heavy atom. The Labute approximate surface area is 112 Å². The molecule has 0 aliphatic heterocycles. The molecule has 0 aliphatic carbocycles. The zero-order valence-corrected chi connectivity index (χ0v) is 10.2. The number of rotatable bonds is 4. The van der Waals surface area contributed by atoms with E-state index in [1.807, 2.05) is 0 Å². The first-order valence-electron chi connectivity index (χ1n) is 5.14. The maximum Gasteiger partial charge on any atom is 0.288 e. The molecule has 2 aromatic heterocycles. The molecule has 0 saturated heterocycles. The Morgan fingerprint density at radius 3 is 2.95 bits per heavy atom. The second-order valence-electron chi connectivity index (χ2n) is 3.51. The van der Waals surface area contributed by atoms with E-state index in [1.54, 1.807) is 12.4 Å². The van der Waals surface area contributed by atoms with Gasteiger partial charge in [-0.3, -0.25) is 14.9 Å². The number of nitrogens with one attached hydrogen (secondary N) is 2. The third kappa shape index (κ3) is 3.05. The highest BCUT2D eigenvalue weighted by atomic mass is 35.5. The standard InChI is InChI=1S/C10H8ClN5O3/c11-9-7(3-6(4-14-9)16(18)19)10(17)15-5-8-12-1-2-13-8/h1-4H,5H2,(H,12,13)(H,15,17). The van der Waals surface area contributed by atoms with Gasteiger partial charge in [0.05, 0.1) is 17.0 Å². The Kier molecular flexibility index (Phi) is 3.71. The van der Waals surface area contributed by atoms with Crippen molar-refractivity contribution in [3.05, 3.63) is 51.3 Å². The molecule has 0 radical (unpaired) electrons. The van der Waals surface area contributed by atoms with E-state index < -0.39 is 10.8 Å². The van der Waals surface area contributed by atoms with Crippen molar-refractivity contribution >= 4 is 23.2 Å². The summed E-state index contributed by atoms with van der Waals surface area (Å²) in [6, 6.07) is 1.08. The molecule has 2 aromatic rings. The highest BCUT2D eigenvalue weighted by Gasteiger charge is 2.17. The summed E-state index contributed by atoms with van der Waals surface area (Å²) in [7, 11) is 0. The number of nitrogens with zero attached hydrogens (tertiary/aromatic N) is 3. The largest absolute Gasteiger partial charge is 0.347 e. The molecular weight excluding hydrogens is 274 g/mol. The third-order valence-corrected chi connectivity index (χ3v) is 2.55. The second kappa shape index (κ2) is 5.44. The van der Waals surface area contributed by atoms with Crippen LogP contribution in [0, 0.1) is 10.1 Å². The molecule has 2 rings (SSSR count). The monoisotopic (exact) mass is 281 g/mol. The maximum atomic E-state index is 11.8. The van der Waals surface area contributed by atoms with Gasteiger partial charge in [0.1, 0.15) is 17.2 Å². The lowest BCUT2D eigenvalue weighted by atomic mass is 10.2. The molecule has 98 valence electrons. The predicted octanol–water partition coefficient (Wildman–Crippen LogP) is 1.30. The van der Waals surface area contributed by atoms with Crippen LogP contribution in [0.1, 0.15) is 16.2 Å². The van der Waals surface area contributed by atoms with Crippen molar-refractivity contribution in [1.29, 1.82) is 0 Å². The molecule has 0 unspecified atom stereocenters. The average molecular weight is 282 g/mol. The molecule has 2 N–H and O–H groups in total. The fourth-order valence-corrected chi connectivity index (χ4v) is 1.54. The number of hydrogen-bond acceptors (Lipinski definition) is 5. The fraction of sp³-hybridized carbons (Fsp3) is 0.100. The van der Waals surface area contributed by atoms with Crippen LogP contribution in [0.3, 0.4) is 0 Å². The number of imidazole rings is 1. The lowest BCUT2D eigenvalue weighted by molar-refractivity contribution is -0.385. The lowest BCUT2D eigenvalue weighted by Gasteiger charge is -2.04. The van der Waals surface area contributed by atoms with Crippen molar-refractivity contribution in [1.82, 2.24) is 20.3 Å². The van der Waals surface area contributed by atoms with E-state index in [0.29, 0.717) is 5.82 Å². The zero-order chi connectivity index (χ0) is 13.8. The van der Waals surface area contributed by atoms with Crippen molar-refractivity contribution in [2.75, 3.05) is 0 Å². The predicted molar refractivity (Wildman–Crippen MR) is 65.7 cm³/mol. The van der Waals surface area contributed by atoms with Crippen LogP contribution in [0.4, 0.5) is 5.69 Å². The smallest absolute Gasteiger partial charge is 0.288 e. The molecule has 19 heavy (non-hydrogen) atoms. The van der Waals surface area contributed by atoms with Crippen LogP contribution in [0.25, 0.3) is 0 Å². The second-order valence-corrected chi connectivity index (χ2v) is 3.87. The van der Waals surface area contributed by atoms with Crippen molar-refractivity contribution in [2.45, 2.75) is 6.54 Å². The molecule has 2 heterocycles. The third-order valence-electron chi connectivity index (χ3n) is 2.25. The van der Waals surface area contributed by atoms with E-state index >= 15 is 0 Å². The Balaban J connectivity index is 2.14. The number of pyridine rings is 1. The molecular formula is C10H8ClN5O3. The SMILES string of the molecule is O=C(NCc1ncc[nH]1)c1cc([N+](=O)[O-])cnc1Cl. The number of halogens is 1. The van der Waals surface area contributed by atoms with Crippen molar-refractivity contribution in [3.8, 4) is 0 Å². The zero-order valence-electron chi connectivity index (χ0n) is 9.46. The minimum absolute atomic E-state index is 0.0533. The summed E-state index contributed by atoms with van der Waals surface area (Å²) in [5, 5.41) is 13.0. The summed E-state index contributed by atoms with van der Waals surface area (Å²) in [6.45, 7) is 0.158. The van der Waals surface area contributed by atoms with Gasteiger partial charge in [0.2, 0.25) is 0 Å². The van der Waals surface area contributed by atoms with E-state index in [0.717, 1.165) is 12.3 Å². The number of hydrogen-bond donors (Lipinski definition) is 2. The van der Waals surface area contributed by atoms with Gasteiger partial charge in [0.25, 0.3) is 11.6 Å². The normalized spacial score (nSPS) is 10.2. The quantitative estimate of drug-likeness (QED) is 0.498. The lowest BCUT2D eigenvalue weighted by Crippen LogP contribution is -2.24. The van der Waals surface area contributed by atoms with Crippen LogP contribution in [-0.4, -0.2) is 25.8 Å². The van der Waals surface area contributed by atoms with Crippen LogP contribution in [0.15, 0.2) is 24.7 Å². The minimum Gasteiger partial charge on any atom is -0.347 e. The Bertz CT molecular complexity index is 614. The van der Waals surface area contributed by atoms with E-state index in [1.165, 1.54) is 0 Å². The van der Waals surface area contributed by atoms with Crippen molar-refractivity contribution in [3.63, 3.8) is 0 Å². The van der Waals surface area contributed by atoms with Crippen LogP contribution in [0.2, 0.25) is 5.15 Å². The molecule has 0 atom stereocenters. The van der Waals surface area contributed by atoms with Gasteiger partial charge < -0.3 is 10.3 Å². The summed E-state index contributed by atoms with van der Waals surface area (Å²) < 4.78 is 0. The van der Waals surface area contributed by atoms with E-state index in [4.69, 9.17) is 11.6 Å². The molecule has 8 nitrogen and oxygen atoms in total. The fourth-order valence-electron chi connectivity index (χ4n) is 1.35. The van der Waals surface area contributed by atoms with Gasteiger partial charge in [-0.1, -0.05) is 11.6 Å². The van der Waals surface area contributed by atoms with Crippen molar-refractivity contribution in [2.24, 2.45) is 0 Å². The molecule has 0 fully saturated rings. The number of carbonyl (C=O) groups excluding carboxylic acids is 1. The first-order valence-corrected chi connectivity index (χ1v) is 5.52. The number of amides is 1. The van der Waals surface area contributed by atoms with Crippen molar-refractivity contribution < 1.29 is 9.72 Å². The van der Waals surface area contributed by atoms with Gasteiger partial charge in [-0.2, -0.15) is 0 Å². The first kappa shape index (κ1) is 13.0. The van der Waals surface area contributed by atoms with Crippen LogP contribution < -0.4 is 5.32 Å². The molecule has 0 aliphatic rings. The molecule has 0 saturated carbocycles. The van der Waals surface area contributed by atoms with Gasteiger partial charge in [-0.15, -0.1) is 0 Å². The topological polar surface area (TPSA) is 114 Å². The van der Waals surface area contributed by atoms with Crippen LogP contribution in [0.5, 0.6) is 0 Å². The summed E-state index contributed by atoms with van der Waals surface area (Å²) in [5.74, 6) is 0.000428. The minimum atomic E-state index is -0.646. The van der Waals surface area contributed by atoms with Crippen LogP contribution >= 0.6 is 11.6 Å². The molecule has 9 heteroatoms. The number of carbonyl (C=O) groups is 1. The summed E-state index contributed by atoms with van der Waals surface area (Å²) in [5.41, 5.74) is -0.352. The highest BCUT2D eigenvalue weighted by molar-refractivity contribution is 6.32. The Hall–Kier alpha value is -2.48. The number of aromatic amines is 1. The van der Waals surface area contributed by atoms with Gasteiger partial charge in [-0.25, -0.2) is 9.97 Å². The average Bonchev–Trinajstić information content (AvgIpc) is 2.89. The molecule has 0 aromatic carbocycles. The summed E-state index contributed by atoms with van der Waals surface area (Å²) >= 11 is 5.74. The van der Waals surface area contributed by atoms with E-state index in [2.05, 4.69) is 20.3 Å². The van der Waals surface area contributed by atoms with E-state index in [9.17, 15) is 14.9 Å². The van der Waals surface area contributed by atoms with Gasteiger partial charge in [0, 0.05) is 18.5 Å². The van der Waals surface area contributed by atoms with Gasteiger partial charge >= 0.3 is 0 Å². The number of nitro groups is 1. The molecule has 0 bridgehead atoms. The van der Waals surface area contributed by atoms with Gasteiger partial charge in [0.15, 0.2) is 0 Å². The van der Waals surface area contributed by atoms with E-state index in [-0.39, 0.29) is 22.9 Å². The molecule has 0 spiro atoms. The number of aromatic nitrogens is 3. The molecule has 1 amide bonds. The van der Waals surface area contributed by atoms with Gasteiger partial charge in [-0.05, 0) is 0 Å².